The van der Waals surface area contributed by atoms with E-state index in [-0.39, 0.29) is 11.9 Å². The first-order valence-electron chi connectivity index (χ1n) is 7.78. The maximum atomic E-state index is 12.2. The average molecular weight is 295 g/mol. The lowest BCUT2D eigenvalue weighted by Gasteiger charge is -2.15. The van der Waals surface area contributed by atoms with E-state index in [0.29, 0.717) is 6.61 Å². The van der Waals surface area contributed by atoms with Gasteiger partial charge in [0.25, 0.3) is 0 Å². The van der Waals surface area contributed by atoms with Crippen molar-refractivity contribution < 1.29 is 9.53 Å². The summed E-state index contributed by atoms with van der Waals surface area (Å²) in [5, 5.41) is 0. The van der Waals surface area contributed by atoms with E-state index in [2.05, 4.69) is 29.2 Å². The van der Waals surface area contributed by atoms with Gasteiger partial charge in [-0.25, -0.2) is 0 Å². The Bertz CT molecular complexity index is 597. The maximum absolute atomic E-state index is 12.2. The molecule has 1 atom stereocenters. The predicted molar refractivity (Wildman–Crippen MR) is 86.1 cm³/mol. The molecule has 1 aliphatic heterocycles. The molecule has 0 aliphatic carbocycles. The van der Waals surface area contributed by atoms with Crippen molar-refractivity contribution >= 4 is 5.97 Å². The van der Waals surface area contributed by atoms with Gasteiger partial charge in [0.15, 0.2) is 0 Å². The molecule has 3 nitrogen and oxygen atoms in total. The zero-order valence-electron chi connectivity index (χ0n) is 12.7. The summed E-state index contributed by atoms with van der Waals surface area (Å²) < 4.78 is 5.44. The van der Waals surface area contributed by atoms with Gasteiger partial charge < -0.3 is 4.74 Å². The van der Waals surface area contributed by atoms with Crippen LogP contribution in [0.2, 0.25) is 0 Å². The lowest BCUT2D eigenvalue weighted by molar-refractivity contribution is -0.149. The molecule has 0 amide bonds. The molecule has 114 valence electrons. The predicted octanol–water partition coefficient (Wildman–Crippen LogP) is 3.25. The molecular formula is C19H21NO2. The first kappa shape index (κ1) is 14.8. The minimum Gasteiger partial charge on any atom is -0.461 e. The highest BCUT2D eigenvalue weighted by Gasteiger charge is 2.29. The van der Waals surface area contributed by atoms with Crippen molar-refractivity contribution in [2.75, 3.05) is 13.1 Å². The SMILES string of the molecule is O=C(OCc1ccccc1)[C@H]1CCN(Cc2ccccc2)C1. The molecule has 2 aromatic carbocycles. The van der Waals surface area contributed by atoms with Crippen molar-refractivity contribution in [1.29, 1.82) is 0 Å². The lowest BCUT2D eigenvalue weighted by Crippen LogP contribution is -2.24. The Morgan fingerprint density at radius 1 is 1.00 bits per heavy atom. The maximum Gasteiger partial charge on any atom is 0.310 e. The average Bonchev–Trinajstić information content (AvgIpc) is 3.03. The van der Waals surface area contributed by atoms with Gasteiger partial charge in [-0.05, 0) is 24.1 Å². The van der Waals surface area contributed by atoms with Crippen LogP contribution in [0.5, 0.6) is 0 Å². The van der Waals surface area contributed by atoms with E-state index in [1.165, 1.54) is 5.56 Å². The lowest BCUT2D eigenvalue weighted by atomic mass is 10.1. The number of nitrogens with zero attached hydrogens (tertiary/aromatic N) is 1. The zero-order chi connectivity index (χ0) is 15.2. The summed E-state index contributed by atoms with van der Waals surface area (Å²) >= 11 is 0. The van der Waals surface area contributed by atoms with Gasteiger partial charge in [0.05, 0.1) is 5.92 Å². The molecule has 0 bridgehead atoms. The van der Waals surface area contributed by atoms with Gasteiger partial charge in [-0.1, -0.05) is 60.7 Å². The molecule has 0 unspecified atom stereocenters. The normalized spacial score (nSPS) is 18.3. The van der Waals surface area contributed by atoms with E-state index >= 15 is 0 Å². The Kier molecular flexibility index (Phi) is 4.86. The van der Waals surface area contributed by atoms with E-state index in [4.69, 9.17) is 4.74 Å². The summed E-state index contributed by atoms with van der Waals surface area (Å²) in [4.78, 5) is 14.5. The van der Waals surface area contributed by atoms with Gasteiger partial charge in [0, 0.05) is 13.1 Å². The Balaban J connectivity index is 1.46. The number of carbonyl (C=O) groups is 1. The summed E-state index contributed by atoms with van der Waals surface area (Å²) in [6.45, 7) is 3.03. The van der Waals surface area contributed by atoms with Crippen LogP contribution in [0, 0.1) is 5.92 Å². The van der Waals surface area contributed by atoms with Crippen LogP contribution in [0.25, 0.3) is 0 Å². The van der Waals surface area contributed by atoms with E-state index in [9.17, 15) is 4.79 Å². The van der Waals surface area contributed by atoms with E-state index in [1.807, 2.05) is 36.4 Å². The molecule has 0 aromatic heterocycles. The highest BCUT2D eigenvalue weighted by Crippen LogP contribution is 2.20. The van der Waals surface area contributed by atoms with E-state index in [0.717, 1.165) is 31.6 Å². The van der Waals surface area contributed by atoms with Crippen molar-refractivity contribution in [3.05, 3.63) is 71.8 Å². The van der Waals surface area contributed by atoms with Crippen LogP contribution >= 0.6 is 0 Å². The molecule has 3 heteroatoms. The van der Waals surface area contributed by atoms with E-state index < -0.39 is 0 Å². The number of esters is 1. The van der Waals surface area contributed by atoms with Crippen molar-refractivity contribution in [1.82, 2.24) is 4.90 Å². The fourth-order valence-corrected chi connectivity index (χ4v) is 2.86. The second-order valence-electron chi connectivity index (χ2n) is 5.80. The van der Waals surface area contributed by atoms with Gasteiger partial charge in [-0.2, -0.15) is 0 Å². The summed E-state index contributed by atoms with van der Waals surface area (Å²) in [6.07, 6.45) is 0.889. The van der Waals surface area contributed by atoms with Gasteiger partial charge in [-0.15, -0.1) is 0 Å². The first-order valence-corrected chi connectivity index (χ1v) is 7.78. The number of hydrogen-bond acceptors (Lipinski definition) is 3. The molecular weight excluding hydrogens is 274 g/mol. The molecule has 0 radical (unpaired) electrons. The van der Waals surface area contributed by atoms with Crippen molar-refractivity contribution in [2.45, 2.75) is 19.6 Å². The summed E-state index contributed by atoms with van der Waals surface area (Å²) in [7, 11) is 0. The number of benzene rings is 2. The monoisotopic (exact) mass is 295 g/mol. The van der Waals surface area contributed by atoms with Gasteiger partial charge in [-0.3, -0.25) is 9.69 Å². The molecule has 2 aromatic rings. The van der Waals surface area contributed by atoms with Crippen molar-refractivity contribution in [3.8, 4) is 0 Å². The Hall–Kier alpha value is -2.13. The number of likely N-dealkylation sites (tertiary alicyclic amines) is 1. The summed E-state index contributed by atoms with van der Waals surface area (Å²) in [6, 6.07) is 20.2. The third-order valence-corrected chi connectivity index (χ3v) is 4.08. The highest BCUT2D eigenvalue weighted by atomic mass is 16.5. The molecule has 0 spiro atoms. The van der Waals surface area contributed by atoms with Gasteiger partial charge >= 0.3 is 5.97 Å². The van der Waals surface area contributed by atoms with Crippen LogP contribution in [0.3, 0.4) is 0 Å². The fourth-order valence-electron chi connectivity index (χ4n) is 2.86. The minimum absolute atomic E-state index is 0.00687. The fraction of sp³-hybridized carbons (Fsp3) is 0.316. The zero-order valence-corrected chi connectivity index (χ0v) is 12.7. The van der Waals surface area contributed by atoms with Crippen LogP contribution in [-0.2, 0) is 22.7 Å². The van der Waals surface area contributed by atoms with Crippen LogP contribution in [0.15, 0.2) is 60.7 Å². The number of carbonyl (C=O) groups excluding carboxylic acids is 1. The molecule has 0 saturated carbocycles. The molecule has 1 heterocycles. The molecule has 0 N–H and O–H groups in total. The molecule has 1 aliphatic rings. The van der Waals surface area contributed by atoms with Crippen molar-refractivity contribution in [3.63, 3.8) is 0 Å². The Labute approximate surface area is 131 Å². The third kappa shape index (κ3) is 3.95. The standard InChI is InChI=1S/C19H21NO2/c21-19(22-15-17-9-5-2-6-10-17)18-11-12-20(14-18)13-16-7-3-1-4-8-16/h1-10,18H,11-15H2/t18-/m0/s1. The van der Waals surface area contributed by atoms with E-state index in [1.54, 1.807) is 0 Å². The van der Waals surface area contributed by atoms with Crippen molar-refractivity contribution in [2.24, 2.45) is 5.92 Å². The Morgan fingerprint density at radius 3 is 2.32 bits per heavy atom. The molecule has 1 saturated heterocycles. The van der Waals surface area contributed by atoms with Gasteiger partial charge in [0.2, 0.25) is 0 Å². The second kappa shape index (κ2) is 7.23. The topological polar surface area (TPSA) is 29.5 Å². The van der Waals surface area contributed by atoms with Crippen LogP contribution in [-0.4, -0.2) is 24.0 Å². The molecule has 3 rings (SSSR count). The molecule has 1 fully saturated rings. The smallest absolute Gasteiger partial charge is 0.310 e. The number of ether oxygens (including phenoxy) is 1. The largest absolute Gasteiger partial charge is 0.461 e. The molecule has 22 heavy (non-hydrogen) atoms. The second-order valence-corrected chi connectivity index (χ2v) is 5.80. The van der Waals surface area contributed by atoms with Crippen LogP contribution < -0.4 is 0 Å². The third-order valence-electron chi connectivity index (χ3n) is 4.08. The van der Waals surface area contributed by atoms with Crippen LogP contribution in [0.4, 0.5) is 0 Å². The quantitative estimate of drug-likeness (QED) is 0.793. The summed E-state index contributed by atoms with van der Waals surface area (Å²) in [5.41, 5.74) is 2.33. The van der Waals surface area contributed by atoms with Crippen LogP contribution in [0.1, 0.15) is 17.5 Å². The number of rotatable bonds is 5. The Morgan fingerprint density at radius 2 is 1.64 bits per heavy atom. The number of hydrogen-bond donors (Lipinski definition) is 0. The highest BCUT2D eigenvalue weighted by molar-refractivity contribution is 5.73. The summed E-state index contributed by atoms with van der Waals surface area (Å²) in [5.74, 6) is -0.0631. The van der Waals surface area contributed by atoms with Gasteiger partial charge in [0.1, 0.15) is 6.61 Å². The first-order chi connectivity index (χ1) is 10.8. The minimum atomic E-state index is -0.0700.